The number of benzene rings is 2. The van der Waals surface area contributed by atoms with E-state index >= 15 is 0 Å². The molecule has 9 heteroatoms. The minimum absolute atomic E-state index is 0.394. The molecule has 1 aromatic heterocycles. The van der Waals surface area contributed by atoms with Crippen LogP contribution >= 0.6 is 23.4 Å². The van der Waals surface area contributed by atoms with Crippen LogP contribution in [0, 0.1) is 0 Å². The molecular formula is C20H24ClN5O2S. The van der Waals surface area contributed by atoms with Crippen LogP contribution in [0.15, 0.2) is 47.6 Å². The summed E-state index contributed by atoms with van der Waals surface area (Å²) in [7, 11) is 1.83. The van der Waals surface area contributed by atoms with Crippen molar-refractivity contribution in [2.24, 2.45) is 7.05 Å². The molecule has 0 bridgehead atoms. The highest BCUT2D eigenvalue weighted by Crippen LogP contribution is 2.30. The van der Waals surface area contributed by atoms with E-state index in [0.29, 0.717) is 24.0 Å². The molecule has 154 valence electrons. The first-order chi connectivity index (χ1) is 14.2. The Bertz CT molecular complexity index is 921. The van der Waals surface area contributed by atoms with Crippen LogP contribution in [-0.4, -0.2) is 39.1 Å². The first kappa shape index (κ1) is 21.4. The molecule has 0 aliphatic heterocycles. The summed E-state index contributed by atoms with van der Waals surface area (Å²) in [5, 5.41) is 16.3. The van der Waals surface area contributed by atoms with Gasteiger partial charge in [-0.25, -0.2) is 4.68 Å². The summed E-state index contributed by atoms with van der Waals surface area (Å²) in [6, 6.07) is 13.7. The number of rotatable bonds is 11. The lowest BCUT2D eigenvalue weighted by Crippen LogP contribution is -2.17. The van der Waals surface area contributed by atoms with E-state index in [2.05, 4.69) is 20.8 Å². The van der Waals surface area contributed by atoms with Gasteiger partial charge in [-0.3, -0.25) is 0 Å². The number of halogens is 1. The Balaban J connectivity index is 1.51. The Labute approximate surface area is 179 Å². The zero-order chi connectivity index (χ0) is 20.5. The van der Waals surface area contributed by atoms with Crippen molar-refractivity contribution in [1.29, 1.82) is 0 Å². The molecule has 0 amide bonds. The quantitative estimate of drug-likeness (QED) is 0.365. The average molecular weight is 434 g/mol. The van der Waals surface area contributed by atoms with Gasteiger partial charge in [0.25, 0.3) is 0 Å². The summed E-state index contributed by atoms with van der Waals surface area (Å²) < 4.78 is 13.4. The molecule has 0 fully saturated rings. The number of aryl methyl sites for hydroxylation is 1. The van der Waals surface area contributed by atoms with Crippen molar-refractivity contribution in [2.75, 3.05) is 18.9 Å². The summed E-state index contributed by atoms with van der Waals surface area (Å²) in [5.41, 5.74) is 2.07. The lowest BCUT2D eigenvalue weighted by atomic mass is 10.2. The number of tetrazole rings is 1. The summed E-state index contributed by atoms with van der Waals surface area (Å²) in [4.78, 5) is 0. The predicted molar refractivity (Wildman–Crippen MR) is 115 cm³/mol. The van der Waals surface area contributed by atoms with Gasteiger partial charge in [0.2, 0.25) is 5.16 Å². The third-order valence-corrected chi connectivity index (χ3v) is 5.45. The smallest absolute Gasteiger partial charge is 0.209 e. The molecule has 1 heterocycles. The van der Waals surface area contributed by atoms with E-state index in [-0.39, 0.29) is 0 Å². The van der Waals surface area contributed by atoms with Crippen LogP contribution in [0.4, 0.5) is 0 Å². The molecule has 0 spiro atoms. The SMILES string of the molecule is CCOc1cc(CNCCSc2nnnn2C)ccc1OCc1ccccc1Cl. The fraction of sp³-hybridized carbons (Fsp3) is 0.350. The number of hydrogen-bond acceptors (Lipinski definition) is 7. The third kappa shape index (κ3) is 6.35. The van der Waals surface area contributed by atoms with E-state index in [0.717, 1.165) is 40.9 Å². The fourth-order valence-corrected chi connectivity index (χ4v) is 3.55. The van der Waals surface area contributed by atoms with Gasteiger partial charge in [0, 0.05) is 36.5 Å². The first-order valence-corrected chi connectivity index (χ1v) is 10.7. The van der Waals surface area contributed by atoms with Gasteiger partial charge in [-0.1, -0.05) is 47.6 Å². The molecule has 0 radical (unpaired) electrons. The molecule has 0 saturated carbocycles. The Morgan fingerprint density at radius 1 is 1.14 bits per heavy atom. The molecule has 0 aliphatic carbocycles. The lowest BCUT2D eigenvalue weighted by molar-refractivity contribution is 0.269. The second kappa shape index (κ2) is 11.0. The normalized spacial score (nSPS) is 10.9. The van der Waals surface area contributed by atoms with Gasteiger partial charge in [-0.05, 0) is 41.1 Å². The topological polar surface area (TPSA) is 74.1 Å². The van der Waals surface area contributed by atoms with Crippen LogP contribution in [0.3, 0.4) is 0 Å². The molecule has 29 heavy (non-hydrogen) atoms. The van der Waals surface area contributed by atoms with E-state index in [1.807, 2.05) is 56.4 Å². The minimum atomic E-state index is 0.394. The molecule has 0 aliphatic rings. The number of nitrogens with zero attached hydrogens (tertiary/aromatic N) is 4. The fourth-order valence-electron chi connectivity index (χ4n) is 2.61. The number of ether oxygens (including phenoxy) is 2. The van der Waals surface area contributed by atoms with Crippen LogP contribution in [0.1, 0.15) is 18.1 Å². The number of thioether (sulfide) groups is 1. The molecule has 1 N–H and O–H groups in total. The van der Waals surface area contributed by atoms with Crippen LogP contribution in [0.2, 0.25) is 5.02 Å². The van der Waals surface area contributed by atoms with Crippen molar-refractivity contribution in [3.63, 3.8) is 0 Å². The summed E-state index contributed by atoms with van der Waals surface area (Å²) in [6.07, 6.45) is 0. The Morgan fingerprint density at radius 3 is 2.76 bits per heavy atom. The van der Waals surface area contributed by atoms with Crippen molar-refractivity contribution in [2.45, 2.75) is 25.2 Å². The van der Waals surface area contributed by atoms with Gasteiger partial charge in [0.1, 0.15) is 6.61 Å². The molecule has 7 nitrogen and oxygen atoms in total. The Hall–Kier alpha value is -2.29. The number of hydrogen-bond donors (Lipinski definition) is 1. The van der Waals surface area contributed by atoms with Gasteiger partial charge in [-0.15, -0.1) is 5.10 Å². The molecule has 0 atom stereocenters. The van der Waals surface area contributed by atoms with Gasteiger partial charge in [0.05, 0.1) is 6.61 Å². The maximum absolute atomic E-state index is 6.21. The summed E-state index contributed by atoms with van der Waals surface area (Å²) >= 11 is 7.82. The predicted octanol–water partition coefficient (Wildman–Crippen LogP) is 3.72. The first-order valence-electron chi connectivity index (χ1n) is 9.35. The van der Waals surface area contributed by atoms with Crippen molar-refractivity contribution in [1.82, 2.24) is 25.5 Å². The highest BCUT2D eigenvalue weighted by Gasteiger charge is 2.09. The van der Waals surface area contributed by atoms with E-state index in [4.69, 9.17) is 21.1 Å². The van der Waals surface area contributed by atoms with Gasteiger partial charge >= 0.3 is 0 Å². The highest BCUT2D eigenvalue weighted by atomic mass is 35.5. The van der Waals surface area contributed by atoms with Crippen LogP contribution in [-0.2, 0) is 20.2 Å². The maximum atomic E-state index is 6.21. The van der Waals surface area contributed by atoms with E-state index < -0.39 is 0 Å². The van der Waals surface area contributed by atoms with E-state index in [1.54, 1.807) is 16.4 Å². The van der Waals surface area contributed by atoms with E-state index in [1.165, 1.54) is 0 Å². The van der Waals surface area contributed by atoms with Crippen molar-refractivity contribution in [3.8, 4) is 11.5 Å². The summed E-state index contributed by atoms with van der Waals surface area (Å²) in [6.45, 7) is 4.50. The standard InChI is InChI=1S/C20H24ClN5O2S/c1-3-27-19-12-15(13-22-10-11-29-20-23-24-25-26(20)2)8-9-18(19)28-14-16-6-4-5-7-17(16)21/h4-9,12,22H,3,10-11,13-14H2,1-2H3. The molecule has 2 aromatic carbocycles. The second-order valence-electron chi connectivity index (χ2n) is 6.20. The van der Waals surface area contributed by atoms with Gasteiger partial charge < -0.3 is 14.8 Å². The Kier molecular flexibility index (Phi) is 8.15. The van der Waals surface area contributed by atoms with E-state index in [9.17, 15) is 0 Å². The maximum Gasteiger partial charge on any atom is 0.209 e. The molecule has 0 unspecified atom stereocenters. The zero-order valence-corrected chi connectivity index (χ0v) is 18.0. The number of aromatic nitrogens is 4. The lowest BCUT2D eigenvalue weighted by Gasteiger charge is -2.14. The largest absolute Gasteiger partial charge is 0.490 e. The molecule has 0 saturated heterocycles. The summed E-state index contributed by atoms with van der Waals surface area (Å²) in [5.74, 6) is 2.32. The monoisotopic (exact) mass is 433 g/mol. The van der Waals surface area contributed by atoms with Crippen LogP contribution in [0.5, 0.6) is 11.5 Å². The third-order valence-electron chi connectivity index (χ3n) is 4.07. The second-order valence-corrected chi connectivity index (χ2v) is 7.67. The van der Waals surface area contributed by atoms with Crippen LogP contribution in [0.25, 0.3) is 0 Å². The van der Waals surface area contributed by atoms with Gasteiger partial charge in [-0.2, -0.15) is 0 Å². The molecule has 3 aromatic rings. The van der Waals surface area contributed by atoms with Crippen molar-refractivity contribution < 1.29 is 9.47 Å². The minimum Gasteiger partial charge on any atom is -0.490 e. The number of nitrogens with one attached hydrogen (secondary N) is 1. The van der Waals surface area contributed by atoms with Crippen molar-refractivity contribution >= 4 is 23.4 Å². The highest BCUT2D eigenvalue weighted by molar-refractivity contribution is 7.99. The average Bonchev–Trinajstić information content (AvgIpc) is 3.13. The van der Waals surface area contributed by atoms with Crippen LogP contribution < -0.4 is 14.8 Å². The van der Waals surface area contributed by atoms with Gasteiger partial charge in [0.15, 0.2) is 11.5 Å². The Morgan fingerprint density at radius 2 is 2.00 bits per heavy atom. The molecule has 3 rings (SSSR count). The molecular weight excluding hydrogens is 410 g/mol. The zero-order valence-electron chi connectivity index (χ0n) is 16.5. The van der Waals surface area contributed by atoms with Crippen molar-refractivity contribution in [3.05, 3.63) is 58.6 Å².